The Morgan fingerprint density at radius 3 is 2.79 bits per heavy atom. The summed E-state index contributed by atoms with van der Waals surface area (Å²) in [5.41, 5.74) is 5.45. The molecular weight excluding hydrogens is 252 g/mol. The van der Waals surface area contributed by atoms with Crippen molar-refractivity contribution in [3.8, 4) is 0 Å². The van der Waals surface area contributed by atoms with Crippen LogP contribution in [-0.4, -0.2) is 34.2 Å². The van der Waals surface area contributed by atoms with Gasteiger partial charge in [-0.15, -0.1) is 0 Å². The van der Waals surface area contributed by atoms with Gasteiger partial charge in [-0.25, -0.2) is 0 Å². The van der Waals surface area contributed by atoms with Gasteiger partial charge in [-0.05, 0) is 6.92 Å². The number of aromatic nitrogens is 2. The molecule has 1 aromatic rings. The molecule has 0 aliphatic rings. The summed E-state index contributed by atoms with van der Waals surface area (Å²) in [5, 5.41) is 6.39. The van der Waals surface area contributed by atoms with Crippen LogP contribution in [0.4, 0.5) is 5.69 Å². The van der Waals surface area contributed by atoms with Crippen LogP contribution in [0.2, 0.25) is 0 Å². The maximum absolute atomic E-state index is 11.5. The average molecular weight is 268 g/mol. The maximum atomic E-state index is 11.5. The van der Waals surface area contributed by atoms with Crippen molar-refractivity contribution in [1.82, 2.24) is 9.78 Å². The molecule has 0 aliphatic heterocycles. The van der Waals surface area contributed by atoms with Crippen LogP contribution in [-0.2, 0) is 25.7 Å². The van der Waals surface area contributed by atoms with E-state index in [-0.39, 0.29) is 25.3 Å². The highest BCUT2D eigenvalue weighted by atomic mass is 16.5. The Labute approximate surface area is 109 Å². The fraction of sp³-hybridized carbons (Fsp3) is 0.455. The van der Waals surface area contributed by atoms with Crippen molar-refractivity contribution in [1.29, 1.82) is 0 Å². The largest absolute Gasteiger partial charge is 0.466 e. The lowest BCUT2D eigenvalue weighted by Gasteiger charge is -2.02. The maximum Gasteiger partial charge on any atom is 0.306 e. The highest BCUT2D eigenvalue weighted by molar-refractivity contribution is 5.92. The Hall–Kier alpha value is -2.38. The summed E-state index contributed by atoms with van der Waals surface area (Å²) < 4.78 is 6.01. The second-order valence-electron chi connectivity index (χ2n) is 3.75. The van der Waals surface area contributed by atoms with Crippen molar-refractivity contribution in [2.45, 2.75) is 26.3 Å². The highest BCUT2D eigenvalue weighted by Gasteiger charge is 2.09. The molecule has 0 saturated carbocycles. The molecule has 1 heterocycles. The molecule has 0 fully saturated rings. The third kappa shape index (κ3) is 5.66. The van der Waals surface area contributed by atoms with E-state index in [0.717, 1.165) is 0 Å². The number of nitrogens with one attached hydrogen (secondary N) is 1. The number of hydrogen-bond donors (Lipinski definition) is 2. The van der Waals surface area contributed by atoms with Crippen molar-refractivity contribution in [2.24, 2.45) is 5.73 Å². The lowest BCUT2D eigenvalue weighted by molar-refractivity contribution is -0.144. The van der Waals surface area contributed by atoms with Crippen molar-refractivity contribution in [2.75, 3.05) is 11.9 Å². The van der Waals surface area contributed by atoms with Crippen LogP contribution < -0.4 is 11.1 Å². The van der Waals surface area contributed by atoms with Gasteiger partial charge in [0.1, 0.15) is 6.54 Å². The number of nitrogens with zero attached hydrogens (tertiary/aromatic N) is 2. The van der Waals surface area contributed by atoms with Gasteiger partial charge in [0, 0.05) is 12.6 Å². The molecule has 0 saturated heterocycles. The first kappa shape index (κ1) is 14.7. The zero-order chi connectivity index (χ0) is 14.3. The average Bonchev–Trinajstić information content (AvgIpc) is 2.73. The van der Waals surface area contributed by atoms with E-state index in [2.05, 4.69) is 10.4 Å². The standard InChI is InChI=1S/C11H16N4O4/c1-2-19-11(18)4-3-10(17)14-8-5-13-15(6-8)7-9(12)16/h5-6H,2-4,7H2,1H3,(H2,12,16)(H,14,17). The molecule has 19 heavy (non-hydrogen) atoms. The summed E-state index contributed by atoms with van der Waals surface area (Å²) in [6.07, 6.45) is 2.92. The topological polar surface area (TPSA) is 116 Å². The Kier molecular flexibility index (Phi) is 5.52. The molecule has 8 nitrogen and oxygen atoms in total. The summed E-state index contributed by atoms with van der Waals surface area (Å²) in [5.74, 6) is -1.27. The molecule has 1 aromatic heterocycles. The van der Waals surface area contributed by atoms with E-state index < -0.39 is 11.9 Å². The molecular formula is C11H16N4O4. The number of hydrogen-bond acceptors (Lipinski definition) is 5. The fourth-order valence-corrected chi connectivity index (χ4v) is 1.35. The molecule has 0 radical (unpaired) electrons. The van der Waals surface area contributed by atoms with E-state index in [4.69, 9.17) is 10.5 Å². The van der Waals surface area contributed by atoms with Gasteiger partial charge < -0.3 is 15.8 Å². The lowest BCUT2D eigenvalue weighted by atomic mass is 10.3. The minimum atomic E-state index is -0.525. The van der Waals surface area contributed by atoms with Crippen LogP contribution in [0.3, 0.4) is 0 Å². The van der Waals surface area contributed by atoms with Crippen molar-refractivity contribution in [3.05, 3.63) is 12.4 Å². The fourth-order valence-electron chi connectivity index (χ4n) is 1.35. The molecule has 0 unspecified atom stereocenters. The second-order valence-corrected chi connectivity index (χ2v) is 3.75. The van der Waals surface area contributed by atoms with Crippen molar-refractivity contribution < 1.29 is 19.1 Å². The molecule has 0 bridgehead atoms. The van der Waals surface area contributed by atoms with Gasteiger partial charge in [0.05, 0.1) is 24.9 Å². The van der Waals surface area contributed by atoms with Gasteiger partial charge >= 0.3 is 5.97 Å². The van der Waals surface area contributed by atoms with Crippen LogP contribution in [0.5, 0.6) is 0 Å². The monoisotopic (exact) mass is 268 g/mol. The number of esters is 1. The van der Waals surface area contributed by atoms with Crippen LogP contribution in [0.1, 0.15) is 19.8 Å². The number of carbonyl (C=O) groups is 3. The Morgan fingerprint density at radius 2 is 2.16 bits per heavy atom. The van der Waals surface area contributed by atoms with Crippen molar-refractivity contribution >= 4 is 23.5 Å². The lowest BCUT2D eigenvalue weighted by Crippen LogP contribution is -2.18. The quantitative estimate of drug-likeness (QED) is 0.655. The van der Waals surface area contributed by atoms with Gasteiger partial charge in [-0.3, -0.25) is 19.1 Å². The molecule has 104 valence electrons. The number of amides is 2. The zero-order valence-corrected chi connectivity index (χ0v) is 10.6. The van der Waals surface area contributed by atoms with Crippen LogP contribution in [0.25, 0.3) is 0 Å². The van der Waals surface area contributed by atoms with Crippen LogP contribution in [0.15, 0.2) is 12.4 Å². The number of rotatable bonds is 7. The number of primary amides is 1. The third-order valence-corrected chi connectivity index (χ3v) is 2.10. The minimum absolute atomic E-state index is 0.0229. The predicted molar refractivity (Wildman–Crippen MR) is 65.9 cm³/mol. The van der Waals surface area contributed by atoms with Crippen LogP contribution in [0, 0.1) is 0 Å². The molecule has 3 N–H and O–H groups in total. The van der Waals surface area contributed by atoms with Gasteiger partial charge in [0.2, 0.25) is 11.8 Å². The van der Waals surface area contributed by atoms with E-state index in [0.29, 0.717) is 12.3 Å². The molecule has 0 aromatic carbocycles. The van der Waals surface area contributed by atoms with Gasteiger partial charge in [-0.2, -0.15) is 5.10 Å². The molecule has 0 spiro atoms. The molecule has 1 rings (SSSR count). The summed E-state index contributed by atoms with van der Waals surface area (Å²) >= 11 is 0. The molecule has 0 atom stereocenters. The zero-order valence-electron chi connectivity index (χ0n) is 10.6. The number of nitrogens with two attached hydrogens (primary N) is 1. The van der Waals surface area contributed by atoms with E-state index >= 15 is 0 Å². The van der Waals surface area contributed by atoms with Crippen LogP contribution >= 0.6 is 0 Å². The first-order chi connectivity index (χ1) is 9.01. The van der Waals surface area contributed by atoms with Gasteiger partial charge in [0.15, 0.2) is 0 Å². The number of anilines is 1. The molecule has 8 heteroatoms. The minimum Gasteiger partial charge on any atom is -0.466 e. The van der Waals surface area contributed by atoms with E-state index in [1.165, 1.54) is 17.1 Å². The predicted octanol–water partition coefficient (Wildman–Crippen LogP) is -0.350. The van der Waals surface area contributed by atoms with E-state index in [1.54, 1.807) is 6.92 Å². The normalized spacial score (nSPS) is 9.95. The molecule has 0 aliphatic carbocycles. The van der Waals surface area contributed by atoms with Gasteiger partial charge in [-0.1, -0.05) is 0 Å². The smallest absolute Gasteiger partial charge is 0.306 e. The highest BCUT2D eigenvalue weighted by Crippen LogP contribution is 2.06. The summed E-state index contributed by atoms with van der Waals surface area (Å²) in [6.45, 7) is 1.93. The Balaban J connectivity index is 2.38. The number of ether oxygens (including phenoxy) is 1. The summed E-state index contributed by atoms with van der Waals surface area (Å²) in [7, 11) is 0. The Morgan fingerprint density at radius 1 is 1.42 bits per heavy atom. The SMILES string of the molecule is CCOC(=O)CCC(=O)Nc1cnn(CC(N)=O)c1. The third-order valence-electron chi connectivity index (χ3n) is 2.10. The van der Waals surface area contributed by atoms with Gasteiger partial charge in [0.25, 0.3) is 0 Å². The van der Waals surface area contributed by atoms with E-state index in [1.807, 2.05) is 0 Å². The summed E-state index contributed by atoms with van der Waals surface area (Å²) in [4.78, 5) is 33.2. The first-order valence-electron chi connectivity index (χ1n) is 5.77. The van der Waals surface area contributed by atoms with Crippen molar-refractivity contribution in [3.63, 3.8) is 0 Å². The summed E-state index contributed by atoms with van der Waals surface area (Å²) in [6, 6.07) is 0. The first-order valence-corrected chi connectivity index (χ1v) is 5.77. The number of carbonyl (C=O) groups excluding carboxylic acids is 3. The Bertz CT molecular complexity index is 469. The molecule has 2 amide bonds. The van der Waals surface area contributed by atoms with E-state index in [9.17, 15) is 14.4 Å². The second kappa shape index (κ2) is 7.14.